The lowest BCUT2D eigenvalue weighted by molar-refractivity contribution is -0.384. The van der Waals surface area contributed by atoms with E-state index >= 15 is 0 Å². The van der Waals surface area contributed by atoms with E-state index in [9.17, 15) is 10.1 Å². The number of nitrogens with zero attached hydrogens (tertiary/aromatic N) is 2. The van der Waals surface area contributed by atoms with Crippen LogP contribution < -0.4 is 5.32 Å². The van der Waals surface area contributed by atoms with Crippen LogP contribution in [-0.2, 0) is 6.54 Å². The fraction of sp³-hybridized carbons (Fsp3) is 0.0714. The molecule has 0 saturated heterocycles. The highest BCUT2D eigenvalue weighted by Crippen LogP contribution is 2.24. The Hall–Kier alpha value is -2.60. The Labute approximate surface area is 124 Å². The molecule has 1 N–H and O–H groups in total. The minimum absolute atomic E-state index is 0.0277. The maximum atomic E-state index is 10.7. The van der Waals surface area contributed by atoms with Crippen molar-refractivity contribution >= 4 is 34.4 Å². The molecule has 0 fully saturated rings. The van der Waals surface area contributed by atoms with Crippen LogP contribution in [0, 0.1) is 10.1 Å². The molecule has 1 aromatic heterocycles. The first-order valence-electron chi connectivity index (χ1n) is 6.15. The predicted molar refractivity (Wildman–Crippen MR) is 79.4 cm³/mol. The number of aromatic nitrogens is 1. The van der Waals surface area contributed by atoms with Crippen molar-refractivity contribution in [1.29, 1.82) is 0 Å². The van der Waals surface area contributed by atoms with Gasteiger partial charge in [-0.25, -0.2) is 0 Å². The van der Waals surface area contributed by atoms with E-state index in [4.69, 9.17) is 16.0 Å². The van der Waals surface area contributed by atoms with E-state index in [-0.39, 0.29) is 5.69 Å². The van der Waals surface area contributed by atoms with Crippen molar-refractivity contribution in [2.75, 3.05) is 5.32 Å². The number of nitro benzene ring substituents is 1. The summed E-state index contributed by atoms with van der Waals surface area (Å²) in [6.45, 7) is 0.496. The van der Waals surface area contributed by atoms with Crippen LogP contribution in [0.15, 0.2) is 46.9 Å². The van der Waals surface area contributed by atoms with Crippen molar-refractivity contribution in [2.24, 2.45) is 0 Å². The number of nitrogens with one attached hydrogen (secondary N) is 1. The van der Waals surface area contributed by atoms with Gasteiger partial charge < -0.3 is 9.73 Å². The standard InChI is InChI=1S/C14H10ClN3O3/c15-10-3-1-2-9(6-10)8-16-14-17-12-5-4-11(18(19)20)7-13(12)21-14/h1-7H,8H2,(H,16,17). The van der Waals surface area contributed by atoms with Crippen LogP contribution in [-0.4, -0.2) is 9.91 Å². The lowest BCUT2D eigenvalue weighted by Gasteiger charge is -2.01. The average molecular weight is 304 g/mol. The van der Waals surface area contributed by atoms with Gasteiger partial charge in [-0.15, -0.1) is 0 Å². The Kier molecular flexibility index (Phi) is 3.45. The van der Waals surface area contributed by atoms with E-state index in [2.05, 4.69) is 10.3 Å². The molecular formula is C14H10ClN3O3. The van der Waals surface area contributed by atoms with Crippen molar-refractivity contribution in [3.8, 4) is 0 Å². The van der Waals surface area contributed by atoms with E-state index in [0.29, 0.717) is 28.7 Å². The van der Waals surface area contributed by atoms with E-state index in [0.717, 1.165) is 5.56 Å². The zero-order valence-electron chi connectivity index (χ0n) is 10.7. The van der Waals surface area contributed by atoms with Crippen molar-refractivity contribution < 1.29 is 9.34 Å². The first-order chi connectivity index (χ1) is 10.1. The Morgan fingerprint density at radius 3 is 2.90 bits per heavy atom. The Morgan fingerprint density at radius 1 is 1.29 bits per heavy atom. The molecule has 21 heavy (non-hydrogen) atoms. The smallest absolute Gasteiger partial charge is 0.295 e. The number of halogens is 1. The molecule has 0 saturated carbocycles. The van der Waals surface area contributed by atoms with Crippen LogP contribution in [0.25, 0.3) is 11.1 Å². The van der Waals surface area contributed by atoms with Crippen molar-refractivity contribution in [3.63, 3.8) is 0 Å². The number of nitro groups is 1. The number of oxazole rings is 1. The minimum atomic E-state index is -0.471. The van der Waals surface area contributed by atoms with Gasteiger partial charge in [0.1, 0.15) is 5.52 Å². The van der Waals surface area contributed by atoms with E-state index in [1.54, 1.807) is 12.1 Å². The third-order valence-electron chi connectivity index (χ3n) is 2.92. The van der Waals surface area contributed by atoms with Crippen molar-refractivity contribution in [1.82, 2.24) is 4.98 Å². The minimum Gasteiger partial charge on any atom is -0.423 e. The van der Waals surface area contributed by atoms with Crippen LogP contribution in [0.2, 0.25) is 5.02 Å². The van der Waals surface area contributed by atoms with Crippen LogP contribution in [0.4, 0.5) is 11.7 Å². The van der Waals surface area contributed by atoms with E-state index in [1.807, 2.05) is 18.2 Å². The van der Waals surface area contributed by atoms with Gasteiger partial charge in [-0.1, -0.05) is 23.7 Å². The summed E-state index contributed by atoms with van der Waals surface area (Å²) in [5, 5.41) is 14.4. The highest BCUT2D eigenvalue weighted by molar-refractivity contribution is 6.30. The highest BCUT2D eigenvalue weighted by Gasteiger charge is 2.11. The number of rotatable bonds is 4. The Bertz CT molecular complexity index is 816. The zero-order valence-corrected chi connectivity index (χ0v) is 11.5. The summed E-state index contributed by atoms with van der Waals surface area (Å²) in [5.41, 5.74) is 1.89. The second-order valence-electron chi connectivity index (χ2n) is 4.41. The maximum absolute atomic E-state index is 10.7. The summed E-state index contributed by atoms with van der Waals surface area (Å²) >= 11 is 5.91. The molecule has 6 nitrogen and oxygen atoms in total. The van der Waals surface area contributed by atoms with Gasteiger partial charge in [-0.2, -0.15) is 4.98 Å². The normalized spacial score (nSPS) is 10.7. The van der Waals surface area contributed by atoms with E-state index in [1.165, 1.54) is 12.1 Å². The molecule has 0 radical (unpaired) electrons. The van der Waals surface area contributed by atoms with Crippen LogP contribution in [0.1, 0.15) is 5.56 Å². The van der Waals surface area contributed by atoms with Gasteiger partial charge in [0.25, 0.3) is 11.7 Å². The lowest BCUT2D eigenvalue weighted by Crippen LogP contribution is -1.99. The molecule has 0 aliphatic heterocycles. The number of non-ortho nitro benzene ring substituents is 1. The number of benzene rings is 2. The van der Waals surface area contributed by atoms with Gasteiger partial charge in [-0.05, 0) is 23.8 Å². The summed E-state index contributed by atoms with van der Waals surface area (Å²) < 4.78 is 5.45. The van der Waals surface area contributed by atoms with Crippen LogP contribution in [0.3, 0.4) is 0 Å². The molecule has 0 aliphatic rings. The first-order valence-corrected chi connectivity index (χ1v) is 6.53. The number of fused-ring (bicyclic) bond motifs is 1. The van der Waals surface area contributed by atoms with Gasteiger partial charge in [0, 0.05) is 17.6 Å². The molecule has 106 valence electrons. The molecule has 7 heteroatoms. The summed E-state index contributed by atoms with van der Waals surface area (Å²) in [6, 6.07) is 12.0. The number of hydrogen-bond donors (Lipinski definition) is 1. The van der Waals surface area contributed by atoms with Gasteiger partial charge in [0.15, 0.2) is 5.58 Å². The monoisotopic (exact) mass is 303 g/mol. The van der Waals surface area contributed by atoms with Crippen molar-refractivity contribution in [2.45, 2.75) is 6.54 Å². The fourth-order valence-corrected chi connectivity index (χ4v) is 2.14. The lowest BCUT2D eigenvalue weighted by atomic mass is 10.2. The Morgan fingerprint density at radius 2 is 2.14 bits per heavy atom. The third kappa shape index (κ3) is 2.95. The molecule has 0 unspecified atom stereocenters. The average Bonchev–Trinajstić information content (AvgIpc) is 2.87. The molecule has 3 rings (SSSR count). The molecule has 0 bridgehead atoms. The summed E-state index contributed by atoms with van der Waals surface area (Å²) in [4.78, 5) is 14.5. The van der Waals surface area contributed by atoms with E-state index < -0.39 is 4.92 Å². The molecule has 0 atom stereocenters. The molecular weight excluding hydrogens is 294 g/mol. The van der Waals surface area contributed by atoms with Gasteiger partial charge in [0.05, 0.1) is 11.0 Å². The summed E-state index contributed by atoms with van der Waals surface area (Å²) in [5.74, 6) is 0. The van der Waals surface area contributed by atoms with Crippen molar-refractivity contribution in [3.05, 3.63) is 63.2 Å². The third-order valence-corrected chi connectivity index (χ3v) is 3.15. The quantitative estimate of drug-likeness (QED) is 0.582. The largest absolute Gasteiger partial charge is 0.423 e. The SMILES string of the molecule is O=[N+]([O-])c1ccc2nc(NCc3cccc(Cl)c3)oc2c1. The second-order valence-corrected chi connectivity index (χ2v) is 4.85. The fourth-order valence-electron chi connectivity index (χ4n) is 1.93. The Balaban J connectivity index is 1.80. The number of hydrogen-bond acceptors (Lipinski definition) is 5. The predicted octanol–water partition coefficient (Wildman–Crippen LogP) is 4.00. The summed E-state index contributed by atoms with van der Waals surface area (Å²) in [6.07, 6.45) is 0. The molecule has 3 aromatic rings. The maximum Gasteiger partial charge on any atom is 0.295 e. The summed E-state index contributed by atoms with van der Waals surface area (Å²) in [7, 11) is 0. The van der Waals surface area contributed by atoms with Crippen LogP contribution >= 0.6 is 11.6 Å². The highest BCUT2D eigenvalue weighted by atomic mass is 35.5. The number of anilines is 1. The first kappa shape index (κ1) is 13.4. The molecule has 0 spiro atoms. The van der Waals surface area contributed by atoms with Gasteiger partial charge in [-0.3, -0.25) is 10.1 Å². The van der Waals surface area contributed by atoms with Gasteiger partial charge >= 0.3 is 0 Å². The van der Waals surface area contributed by atoms with Gasteiger partial charge in [0.2, 0.25) is 0 Å². The molecule has 0 amide bonds. The molecule has 0 aliphatic carbocycles. The molecule has 1 heterocycles. The molecule has 2 aromatic carbocycles. The topological polar surface area (TPSA) is 81.2 Å². The second kappa shape index (κ2) is 5.41. The van der Waals surface area contributed by atoms with Crippen LogP contribution in [0.5, 0.6) is 0 Å². The zero-order chi connectivity index (χ0) is 14.8.